The van der Waals surface area contributed by atoms with Gasteiger partial charge < -0.3 is 5.11 Å². The number of allylic oxidation sites excluding steroid dienone is 2. The van der Waals surface area contributed by atoms with E-state index in [2.05, 4.69) is 13.0 Å². The Morgan fingerprint density at radius 2 is 1.64 bits per heavy atom. The summed E-state index contributed by atoms with van der Waals surface area (Å²) < 4.78 is 0. The third-order valence-electron chi connectivity index (χ3n) is 7.05. The normalized spacial score (nSPS) is 28.3. The third kappa shape index (κ3) is 2.58. The average molecular weight is 413 g/mol. The highest BCUT2D eigenvalue weighted by Crippen LogP contribution is 2.60. The van der Waals surface area contributed by atoms with Crippen LogP contribution in [0.15, 0.2) is 42.2 Å². The number of halogens is 2. The molecule has 4 atom stereocenters. The minimum atomic E-state index is -0.00733. The van der Waals surface area contributed by atoms with Gasteiger partial charge in [0, 0.05) is 11.8 Å². The van der Waals surface area contributed by atoms with Gasteiger partial charge in [0.1, 0.15) is 5.76 Å². The zero-order valence-electron chi connectivity index (χ0n) is 15.7. The molecule has 3 aliphatic rings. The molecule has 0 heterocycles. The Morgan fingerprint density at radius 1 is 0.964 bits per heavy atom. The van der Waals surface area contributed by atoms with Crippen molar-refractivity contribution < 1.29 is 9.90 Å². The Bertz CT molecular complexity index is 1020. The van der Waals surface area contributed by atoms with Crippen LogP contribution in [0.3, 0.4) is 0 Å². The second-order valence-electron chi connectivity index (χ2n) is 8.36. The van der Waals surface area contributed by atoms with Gasteiger partial charge in [-0.25, -0.2) is 0 Å². The molecule has 28 heavy (non-hydrogen) atoms. The van der Waals surface area contributed by atoms with Gasteiger partial charge in [-0.1, -0.05) is 48.3 Å². The van der Waals surface area contributed by atoms with Crippen LogP contribution in [-0.4, -0.2) is 10.9 Å². The summed E-state index contributed by atoms with van der Waals surface area (Å²) in [5.41, 5.74) is 4.45. The lowest BCUT2D eigenvalue weighted by Gasteiger charge is -2.23. The molecule has 0 amide bonds. The summed E-state index contributed by atoms with van der Waals surface area (Å²) in [5, 5.41) is 12.1. The number of hydrogen-bond acceptors (Lipinski definition) is 2. The van der Waals surface area contributed by atoms with Crippen molar-refractivity contribution in [3.8, 4) is 11.1 Å². The number of fused-ring (bicyclic) bond motifs is 5. The van der Waals surface area contributed by atoms with Gasteiger partial charge >= 0.3 is 0 Å². The Labute approximate surface area is 175 Å². The Balaban J connectivity index is 1.63. The van der Waals surface area contributed by atoms with Crippen molar-refractivity contribution >= 4 is 34.6 Å². The highest BCUT2D eigenvalue weighted by Gasteiger charge is 2.57. The van der Waals surface area contributed by atoms with E-state index in [4.69, 9.17) is 23.2 Å². The molecular formula is C24H22Cl2O2. The molecular weight excluding hydrogens is 391 g/mol. The molecule has 0 radical (unpaired) electrons. The van der Waals surface area contributed by atoms with E-state index in [0.717, 1.165) is 47.9 Å². The van der Waals surface area contributed by atoms with Crippen molar-refractivity contribution in [2.45, 2.75) is 32.6 Å². The van der Waals surface area contributed by atoms with Crippen LogP contribution in [0, 0.1) is 23.7 Å². The fourth-order valence-corrected chi connectivity index (χ4v) is 6.06. The lowest BCUT2D eigenvalue weighted by atomic mass is 9.80. The average Bonchev–Trinajstić information content (AvgIpc) is 3.37. The van der Waals surface area contributed by atoms with Gasteiger partial charge in [0.2, 0.25) is 0 Å². The smallest absolute Gasteiger partial charge is 0.170 e. The maximum atomic E-state index is 13.3. The van der Waals surface area contributed by atoms with E-state index in [-0.39, 0.29) is 17.6 Å². The second-order valence-corrected chi connectivity index (χ2v) is 9.18. The Morgan fingerprint density at radius 3 is 2.32 bits per heavy atom. The lowest BCUT2D eigenvalue weighted by molar-refractivity contribution is -0.118. The first kappa shape index (κ1) is 18.3. The van der Waals surface area contributed by atoms with E-state index in [9.17, 15) is 9.90 Å². The number of ketones is 1. The van der Waals surface area contributed by atoms with E-state index in [0.29, 0.717) is 33.2 Å². The number of carbonyl (C=O) groups excluding carboxylic acids is 1. The summed E-state index contributed by atoms with van der Waals surface area (Å²) in [5.74, 6) is 1.44. The molecule has 144 valence electrons. The van der Waals surface area contributed by atoms with Crippen LogP contribution in [0.4, 0.5) is 0 Å². The predicted molar refractivity (Wildman–Crippen MR) is 114 cm³/mol. The van der Waals surface area contributed by atoms with Gasteiger partial charge in [-0.3, -0.25) is 4.79 Å². The summed E-state index contributed by atoms with van der Waals surface area (Å²) in [4.78, 5) is 13.3. The molecule has 4 unspecified atom stereocenters. The number of aryl methyl sites for hydroxylation is 1. The number of aliphatic hydroxyl groups is 1. The number of hydrogen-bond donors (Lipinski definition) is 1. The lowest BCUT2D eigenvalue weighted by Crippen LogP contribution is -2.24. The summed E-state index contributed by atoms with van der Waals surface area (Å²) in [6, 6.07) is 11.7. The highest BCUT2D eigenvalue weighted by atomic mass is 35.5. The molecule has 2 fully saturated rings. The number of rotatable bonds is 3. The molecule has 0 aliphatic heterocycles. The predicted octanol–water partition coefficient (Wildman–Crippen LogP) is 6.74. The number of benzene rings is 2. The first-order valence-electron chi connectivity index (χ1n) is 10.1. The molecule has 0 aromatic heterocycles. The molecule has 3 aliphatic carbocycles. The molecule has 4 heteroatoms. The van der Waals surface area contributed by atoms with Crippen molar-refractivity contribution in [3.63, 3.8) is 0 Å². The van der Waals surface area contributed by atoms with Crippen molar-refractivity contribution in [1.82, 2.24) is 0 Å². The van der Waals surface area contributed by atoms with Crippen LogP contribution in [-0.2, 0) is 11.2 Å². The van der Waals surface area contributed by atoms with Crippen LogP contribution in [0.2, 0.25) is 10.0 Å². The van der Waals surface area contributed by atoms with Crippen LogP contribution >= 0.6 is 23.2 Å². The molecule has 2 aromatic carbocycles. The number of Topliss-reactive ketones (excluding diaryl/α,β-unsaturated/α-hetero) is 1. The van der Waals surface area contributed by atoms with Crippen molar-refractivity contribution in [1.29, 1.82) is 0 Å². The second kappa shape index (κ2) is 6.64. The van der Waals surface area contributed by atoms with Gasteiger partial charge in [0.05, 0.1) is 15.6 Å². The van der Waals surface area contributed by atoms with E-state index in [1.807, 2.05) is 24.3 Å². The van der Waals surface area contributed by atoms with E-state index >= 15 is 0 Å². The summed E-state index contributed by atoms with van der Waals surface area (Å²) >= 11 is 12.3. The molecule has 2 bridgehead atoms. The molecule has 1 N–H and O–H groups in total. The minimum absolute atomic E-state index is 0.00733. The van der Waals surface area contributed by atoms with Crippen LogP contribution in [0.1, 0.15) is 37.3 Å². The quantitative estimate of drug-likeness (QED) is 0.605. The zero-order valence-corrected chi connectivity index (χ0v) is 17.2. The third-order valence-corrected chi connectivity index (χ3v) is 7.79. The summed E-state index contributed by atoms with van der Waals surface area (Å²) in [7, 11) is 0. The van der Waals surface area contributed by atoms with Crippen LogP contribution in [0.5, 0.6) is 0 Å². The maximum Gasteiger partial charge on any atom is 0.170 e. The molecule has 2 saturated carbocycles. The van der Waals surface area contributed by atoms with Gasteiger partial charge in [-0.2, -0.15) is 0 Å². The van der Waals surface area contributed by atoms with Gasteiger partial charge in [-0.15, -0.1) is 0 Å². The van der Waals surface area contributed by atoms with Crippen molar-refractivity contribution in [2.75, 3.05) is 0 Å². The first-order chi connectivity index (χ1) is 13.5. The number of aliphatic hydroxyl groups excluding tert-OH is 1. The summed E-state index contributed by atoms with van der Waals surface area (Å²) in [6.07, 6.45) is 4.17. The molecule has 0 spiro atoms. The minimum Gasteiger partial charge on any atom is -0.511 e. The molecule has 5 rings (SSSR count). The monoisotopic (exact) mass is 412 g/mol. The van der Waals surface area contributed by atoms with Crippen molar-refractivity contribution in [3.05, 3.63) is 63.3 Å². The van der Waals surface area contributed by atoms with Crippen LogP contribution < -0.4 is 0 Å². The fourth-order valence-electron chi connectivity index (χ4n) is 5.77. The van der Waals surface area contributed by atoms with Crippen molar-refractivity contribution in [2.24, 2.45) is 23.7 Å². The number of carbonyl (C=O) groups is 1. The Hall–Kier alpha value is -1.77. The highest BCUT2D eigenvalue weighted by molar-refractivity contribution is 6.42. The molecule has 2 nitrogen and oxygen atoms in total. The maximum absolute atomic E-state index is 13.3. The zero-order chi connectivity index (χ0) is 19.6. The summed E-state index contributed by atoms with van der Waals surface area (Å²) in [6.45, 7) is 2.08. The standard InChI is InChI=1S/C24H22Cl2O2/c1-2-12-3-4-13(14-7-8-18(25)19(26)11-14)10-17(12)22-23(27)20-15-5-6-16(9-15)21(20)24(22)28/h3-4,7-8,10-11,15-16,20-21,27H,2,5-6,9H2,1H3. The Kier molecular flexibility index (Phi) is 4.33. The van der Waals surface area contributed by atoms with E-state index in [1.54, 1.807) is 6.07 Å². The van der Waals surface area contributed by atoms with Crippen LogP contribution in [0.25, 0.3) is 16.7 Å². The van der Waals surface area contributed by atoms with Gasteiger partial charge in [0.25, 0.3) is 0 Å². The largest absolute Gasteiger partial charge is 0.511 e. The fraction of sp³-hybridized carbons (Fsp3) is 0.375. The van der Waals surface area contributed by atoms with E-state index < -0.39 is 0 Å². The topological polar surface area (TPSA) is 37.3 Å². The molecule has 0 saturated heterocycles. The first-order valence-corrected chi connectivity index (χ1v) is 10.8. The van der Waals surface area contributed by atoms with Gasteiger partial charge in [0.15, 0.2) is 5.78 Å². The van der Waals surface area contributed by atoms with Gasteiger partial charge in [-0.05, 0) is 78.0 Å². The SMILES string of the molecule is CCc1ccc(-c2ccc(Cl)c(Cl)c2)cc1C1=C(O)C2C3CCC(C3)C2C1=O. The molecule has 2 aromatic rings. The van der Waals surface area contributed by atoms with E-state index in [1.165, 1.54) is 0 Å².